The zero-order valence-corrected chi connectivity index (χ0v) is 8.13. The fourth-order valence-electron chi connectivity index (χ4n) is 1.93. The Morgan fingerprint density at radius 2 is 1.92 bits per heavy atom. The first kappa shape index (κ1) is 7.62. The van der Waals surface area contributed by atoms with E-state index in [4.69, 9.17) is 0 Å². The van der Waals surface area contributed by atoms with Crippen molar-refractivity contribution >= 4 is 17.7 Å². The van der Waals surface area contributed by atoms with Crippen LogP contribution in [-0.2, 0) is 0 Å². The van der Waals surface area contributed by atoms with E-state index in [-0.39, 0.29) is 0 Å². The molecule has 0 N–H and O–H groups in total. The van der Waals surface area contributed by atoms with E-state index in [0.29, 0.717) is 5.41 Å². The molecule has 3 rings (SSSR count). The van der Waals surface area contributed by atoms with Crippen molar-refractivity contribution < 1.29 is 0 Å². The summed E-state index contributed by atoms with van der Waals surface area (Å²) in [5, 5.41) is 0. The second-order valence-electron chi connectivity index (χ2n) is 3.90. The van der Waals surface area contributed by atoms with E-state index in [0.717, 1.165) is 19.0 Å². The van der Waals surface area contributed by atoms with Gasteiger partial charge in [-0.25, -0.2) is 9.97 Å². The highest BCUT2D eigenvalue weighted by molar-refractivity contribution is 8.00. The van der Waals surface area contributed by atoms with Crippen molar-refractivity contribution in [3.63, 3.8) is 0 Å². The topological polar surface area (TPSA) is 29.0 Å². The second kappa shape index (κ2) is 2.61. The second-order valence-corrected chi connectivity index (χ2v) is 4.88. The van der Waals surface area contributed by atoms with Crippen LogP contribution < -0.4 is 4.90 Å². The summed E-state index contributed by atoms with van der Waals surface area (Å²) in [4.78, 5) is 10.7. The number of rotatable bonds is 1. The van der Waals surface area contributed by atoms with Gasteiger partial charge in [0.2, 0.25) is 5.95 Å². The Kier molecular flexibility index (Phi) is 1.53. The molecule has 0 aromatic carbocycles. The van der Waals surface area contributed by atoms with Crippen molar-refractivity contribution in [1.82, 2.24) is 9.97 Å². The molecular formula is C9H11N3S. The maximum atomic E-state index is 4.23. The van der Waals surface area contributed by atoms with E-state index in [1.807, 2.05) is 30.2 Å². The van der Waals surface area contributed by atoms with Crippen LogP contribution in [0, 0.1) is 5.41 Å². The molecule has 4 heteroatoms. The average Bonchev–Trinajstić information content (AvgIpc) is 2.01. The highest BCUT2D eigenvalue weighted by Crippen LogP contribution is 2.45. The Hall–Kier alpha value is -0.770. The van der Waals surface area contributed by atoms with Crippen LogP contribution in [0.5, 0.6) is 0 Å². The minimum absolute atomic E-state index is 0.629. The normalized spacial score (nSPS) is 23.8. The van der Waals surface area contributed by atoms with Gasteiger partial charge < -0.3 is 4.90 Å². The number of anilines is 1. The van der Waals surface area contributed by atoms with Crippen molar-refractivity contribution in [2.24, 2.45) is 5.41 Å². The lowest BCUT2D eigenvalue weighted by Crippen LogP contribution is -2.63. The summed E-state index contributed by atoms with van der Waals surface area (Å²) in [6.07, 6.45) is 3.62. The van der Waals surface area contributed by atoms with E-state index < -0.39 is 0 Å². The SMILES string of the molecule is c1cnc(N2CC3(CSC3)C2)nc1. The number of nitrogens with zero attached hydrogens (tertiary/aromatic N) is 3. The smallest absolute Gasteiger partial charge is 0.225 e. The molecule has 0 atom stereocenters. The van der Waals surface area contributed by atoms with Gasteiger partial charge in [-0.15, -0.1) is 0 Å². The molecule has 0 aliphatic carbocycles. The Morgan fingerprint density at radius 1 is 1.23 bits per heavy atom. The Labute approximate surface area is 81.6 Å². The summed E-state index contributed by atoms with van der Waals surface area (Å²) >= 11 is 2.05. The molecule has 13 heavy (non-hydrogen) atoms. The summed E-state index contributed by atoms with van der Waals surface area (Å²) in [6, 6.07) is 1.86. The van der Waals surface area contributed by atoms with Crippen molar-refractivity contribution in [2.75, 3.05) is 29.5 Å². The highest BCUT2D eigenvalue weighted by atomic mass is 32.2. The van der Waals surface area contributed by atoms with Gasteiger partial charge in [0.25, 0.3) is 0 Å². The van der Waals surface area contributed by atoms with Crippen LogP contribution in [0.3, 0.4) is 0 Å². The molecule has 0 bridgehead atoms. The summed E-state index contributed by atoms with van der Waals surface area (Å²) in [5.41, 5.74) is 0.629. The molecule has 0 saturated carbocycles. The molecule has 68 valence electrons. The molecule has 1 aromatic heterocycles. The zero-order chi connectivity index (χ0) is 8.73. The van der Waals surface area contributed by atoms with Gasteiger partial charge in [-0.1, -0.05) is 0 Å². The van der Waals surface area contributed by atoms with Crippen molar-refractivity contribution in [3.05, 3.63) is 18.5 Å². The molecule has 3 nitrogen and oxygen atoms in total. The lowest BCUT2D eigenvalue weighted by Gasteiger charge is -2.55. The van der Waals surface area contributed by atoms with E-state index in [1.165, 1.54) is 11.5 Å². The molecule has 2 aliphatic heterocycles. The largest absolute Gasteiger partial charge is 0.339 e. The van der Waals surface area contributed by atoms with E-state index >= 15 is 0 Å². The van der Waals surface area contributed by atoms with Gasteiger partial charge in [0.05, 0.1) is 0 Å². The van der Waals surface area contributed by atoms with Gasteiger partial charge in [-0.05, 0) is 6.07 Å². The van der Waals surface area contributed by atoms with Crippen LogP contribution in [0.15, 0.2) is 18.5 Å². The summed E-state index contributed by atoms with van der Waals surface area (Å²) in [7, 11) is 0. The first-order valence-electron chi connectivity index (χ1n) is 4.48. The number of hydrogen-bond acceptors (Lipinski definition) is 4. The minimum atomic E-state index is 0.629. The van der Waals surface area contributed by atoms with Gasteiger partial charge in [0, 0.05) is 42.4 Å². The zero-order valence-electron chi connectivity index (χ0n) is 7.31. The van der Waals surface area contributed by atoms with Crippen LogP contribution in [0.1, 0.15) is 0 Å². The van der Waals surface area contributed by atoms with Gasteiger partial charge in [-0.3, -0.25) is 0 Å². The fraction of sp³-hybridized carbons (Fsp3) is 0.556. The molecule has 1 spiro atoms. The van der Waals surface area contributed by atoms with Crippen LogP contribution in [0.25, 0.3) is 0 Å². The number of hydrogen-bond donors (Lipinski definition) is 0. The first-order chi connectivity index (χ1) is 6.38. The molecule has 3 heterocycles. The molecule has 0 unspecified atom stereocenters. The Balaban J connectivity index is 1.71. The molecule has 2 fully saturated rings. The van der Waals surface area contributed by atoms with Gasteiger partial charge in [0.1, 0.15) is 0 Å². The van der Waals surface area contributed by atoms with Crippen LogP contribution in [0.2, 0.25) is 0 Å². The van der Waals surface area contributed by atoms with E-state index in [1.54, 1.807) is 0 Å². The van der Waals surface area contributed by atoms with Crippen molar-refractivity contribution in [3.8, 4) is 0 Å². The van der Waals surface area contributed by atoms with Gasteiger partial charge >= 0.3 is 0 Å². The van der Waals surface area contributed by atoms with Crippen molar-refractivity contribution in [1.29, 1.82) is 0 Å². The maximum Gasteiger partial charge on any atom is 0.225 e. The number of aromatic nitrogens is 2. The predicted molar refractivity (Wildman–Crippen MR) is 54.0 cm³/mol. The standard InChI is InChI=1S/C9H11N3S/c1-2-10-8(11-3-1)12-4-9(5-12)6-13-7-9/h1-3H,4-7H2. The molecular weight excluding hydrogens is 182 g/mol. The van der Waals surface area contributed by atoms with E-state index in [2.05, 4.69) is 14.9 Å². The average molecular weight is 193 g/mol. The predicted octanol–water partition coefficient (Wildman–Crippen LogP) is 1.03. The quantitative estimate of drug-likeness (QED) is 0.666. The lowest BCUT2D eigenvalue weighted by atomic mass is 9.83. The first-order valence-corrected chi connectivity index (χ1v) is 5.63. The van der Waals surface area contributed by atoms with E-state index in [9.17, 15) is 0 Å². The molecule has 0 amide bonds. The summed E-state index contributed by atoms with van der Waals surface area (Å²) in [6.45, 7) is 2.31. The van der Waals surface area contributed by atoms with Gasteiger partial charge in [-0.2, -0.15) is 11.8 Å². The highest BCUT2D eigenvalue weighted by Gasteiger charge is 2.48. The third-order valence-corrected chi connectivity index (χ3v) is 4.34. The summed E-state index contributed by atoms with van der Waals surface area (Å²) in [5.74, 6) is 3.55. The van der Waals surface area contributed by atoms with Crippen LogP contribution in [0.4, 0.5) is 5.95 Å². The molecule has 1 aromatic rings. The molecule has 2 aliphatic rings. The third-order valence-electron chi connectivity index (χ3n) is 2.70. The fourth-order valence-corrected chi connectivity index (χ4v) is 3.08. The lowest BCUT2D eigenvalue weighted by molar-refractivity contribution is 0.269. The van der Waals surface area contributed by atoms with Crippen LogP contribution >= 0.6 is 11.8 Å². The monoisotopic (exact) mass is 193 g/mol. The van der Waals surface area contributed by atoms with Crippen LogP contribution in [-0.4, -0.2) is 34.6 Å². The van der Waals surface area contributed by atoms with Crippen molar-refractivity contribution in [2.45, 2.75) is 0 Å². The minimum Gasteiger partial charge on any atom is -0.339 e. The maximum absolute atomic E-state index is 4.23. The summed E-state index contributed by atoms with van der Waals surface area (Å²) < 4.78 is 0. The third kappa shape index (κ3) is 1.12. The number of thioether (sulfide) groups is 1. The van der Waals surface area contributed by atoms with Gasteiger partial charge in [0.15, 0.2) is 0 Å². The Bertz CT molecular complexity index is 302. The molecule has 2 saturated heterocycles. The Morgan fingerprint density at radius 3 is 2.46 bits per heavy atom. The molecule has 0 radical (unpaired) electrons.